The number of hydrogen-bond acceptors (Lipinski definition) is 11. The molecule has 5 aliphatic rings. The zero-order valence-corrected chi connectivity index (χ0v) is 32.7. The van der Waals surface area contributed by atoms with Crippen LogP contribution in [0.2, 0.25) is 0 Å². The zero-order valence-electron chi connectivity index (χ0n) is 32.7. The quantitative estimate of drug-likeness (QED) is 0.126. The second-order valence-electron chi connectivity index (χ2n) is 17.3. The van der Waals surface area contributed by atoms with Crippen LogP contribution in [0.25, 0.3) is 0 Å². The Balaban J connectivity index is 1.31. The number of aliphatic hydroxyl groups excluding tert-OH is 1. The molecule has 0 aromatic rings. The number of aliphatic hydroxyl groups is 1. The molecule has 1 saturated heterocycles. The summed E-state index contributed by atoms with van der Waals surface area (Å²) in [6.07, 6.45) is 8.58. The molecule has 11 heteroatoms. The van der Waals surface area contributed by atoms with E-state index in [1.165, 1.54) is 71.8 Å². The standard InChI is InChI=1S/C41H64O11/c1-23(21-42)10-9-11-24(2)32-14-15-33-31-13-12-29-20-30(16-18-40(29,7)34(31)17-19-41(32,33)8)51-39-38(50-28(6)46)37(49-27(5)45)36(48-26(4)44)35(52-39)22-47-25(3)43/h12,23-24,30-39,42H,9-11,13-22H2,1-8H3/t23?,24-,30?,31?,32-,33?,34?,35-,36-,37+,38-,39-,40+,41-/m1/s1. The van der Waals surface area contributed by atoms with Crippen LogP contribution in [0.15, 0.2) is 11.6 Å². The molecule has 0 radical (unpaired) electrons. The molecule has 14 atom stereocenters. The fourth-order valence-electron chi connectivity index (χ4n) is 11.3. The summed E-state index contributed by atoms with van der Waals surface area (Å²) < 4.78 is 35.0. The van der Waals surface area contributed by atoms with Crippen LogP contribution in [0.4, 0.5) is 0 Å². The third-order valence-electron chi connectivity index (χ3n) is 13.8. The Kier molecular flexibility index (Phi) is 13.2. The first-order valence-corrected chi connectivity index (χ1v) is 19.8. The molecule has 5 rings (SSSR count). The minimum Gasteiger partial charge on any atom is -0.463 e. The lowest BCUT2D eigenvalue weighted by atomic mass is 9.47. The van der Waals surface area contributed by atoms with Gasteiger partial charge in [0.2, 0.25) is 0 Å². The molecule has 3 saturated carbocycles. The van der Waals surface area contributed by atoms with Crippen molar-refractivity contribution in [1.82, 2.24) is 0 Å². The van der Waals surface area contributed by atoms with Crippen LogP contribution in [0.1, 0.15) is 126 Å². The summed E-state index contributed by atoms with van der Waals surface area (Å²) in [7, 11) is 0. The molecule has 0 bridgehead atoms. The molecule has 1 heterocycles. The van der Waals surface area contributed by atoms with Gasteiger partial charge in [0.1, 0.15) is 12.7 Å². The predicted octanol–water partition coefficient (Wildman–Crippen LogP) is 6.47. The second kappa shape index (κ2) is 16.9. The zero-order chi connectivity index (χ0) is 38.0. The van der Waals surface area contributed by atoms with Gasteiger partial charge >= 0.3 is 23.9 Å². The number of esters is 4. The first-order chi connectivity index (χ1) is 24.6. The largest absolute Gasteiger partial charge is 0.463 e. The molecule has 1 N–H and O–H groups in total. The number of carbonyl (C=O) groups is 4. The summed E-state index contributed by atoms with van der Waals surface area (Å²) in [6.45, 7) is 14.6. The molecule has 4 fully saturated rings. The SMILES string of the molecule is CC(=O)OC[C@H]1O[C@@H](OC2CC[C@@]3(C)C(=CCC4C3CC[C@@]3(C)C4CC[C@@H]3[C@H](C)CCCC(C)CO)C2)[C@H](OC(C)=O)[C@@H](OC(C)=O)[C@@H]1OC(C)=O. The topological polar surface area (TPSA) is 144 Å². The number of fused-ring (bicyclic) bond motifs is 5. The number of hydrogen-bond donors (Lipinski definition) is 1. The minimum absolute atomic E-state index is 0.0789. The molecule has 0 spiro atoms. The Morgan fingerprint density at radius 1 is 0.846 bits per heavy atom. The first kappa shape index (κ1) is 40.7. The molecule has 0 aromatic heterocycles. The summed E-state index contributed by atoms with van der Waals surface area (Å²) in [5.41, 5.74) is 1.87. The summed E-state index contributed by atoms with van der Waals surface area (Å²) >= 11 is 0. The van der Waals surface area contributed by atoms with E-state index >= 15 is 0 Å². The molecule has 0 amide bonds. The van der Waals surface area contributed by atoms with Gasteiger partial charge in [-0.15, -0.1) is 0 Å². The average Bonchev–Trinajstić information content (AvgIpc) is 3.43. The van der Waals surface area contributed by atoms with Crippen molar-refractivity contribution >= 4 is 23.9 Å². The normalized spacial score (nSPS) is 39.4. The van der Waals surface area contributed by atoms with Gasteiger partial charge in [-0.1, -0.05) is 52.2 Å². The van der Waals surface area contributed by atoms with E-state index in [0.29, 0.717) is 35.5 Å². The van der Waals surface area contributed by atoms with Crippen LogP contribution >= 0.6 is 0 Å². The van der Waals surface area contributed by atoms with Crippen molar-refractivity contribution in [2.24, 2.45) is 46.3 Å². The van der Waals surface area contributed by atoms with Gasteiger partial charge in [0, 0.05) is 34.3 Å². The monoisotopic (exact) mass is 732 g/mol. The van der Waals surface area contributed by atoms with E-state index in [9.17, 15) is 24.3 Å². The second-order valence-corrected chi connectivity index (χ2v) is 17.3. The molecule has 1 aliphatic heterocycles. The Morgan fingerprint density at radius 2 is 1.52 bits per heavy atom. The number of carbonyl (C=O) groups excluding carboxylic acids is 4. The van der Waals surface area contributed by atoms with Gasteiger partial charge in [-0.2, -0.15) is 0 Å². The van der Waals surface area contributed by atoms with Gasteiger partial charge in [0.25, 0.3) is 0 Å². The predicted molar refractivity (Wildman–Crippen MR) is 191 cm³/mol. The van der Waals surface area contributed by atoms with Crippen molar-refractivity contribution in [3.05, 3.63) is 11.6 Å². The molecular formula is C41H64O11. The Labute approximate surface area is 310 Å². The maximum absolute atomic E-state index is 12.3. The third kappa shape index (κ3) is 8.72. The van der Waals surface area contributed by atoms with Crippen LogP contribution in [0, 0.1) is 46.3 Å². The van der Waals surface area contributed by atoms with E-state index in [4.69, 9.17) is 28.4 Å². The summed E-state index contributed by atoms with van der Waals surface area (Å²) in [5.74, 6) is 1.34. The summed E-state index contributed by atoms with van der Waals surface area (Å²) in [4.78, 5) is 48.5. The highest BCUT2D eigenvalue weighted by Crippen LogP contribution is 2.67. The fourth-order valence-corrected chi connectivity index (χ4v) is 11.3. The minimum atomic E-state index is -1.24. The van der Waals surface area contributed by atoms with Gasteiger partial charge in [0.05, 0.1) is 6.10 Å². The first-order valence-electron chi connectivity index (χ1n) is 19.8. The lowest BCUT2D eigenvalue weighted by Crippen LogP contribution is -2.63. The molecule has 0 aromatic carbocycles. The fraction of sp³-hybridized carbons (Fsp3) is 0.854. The van der Waals surface area contributed by atoms with E-state index in [-0.39, 0.29) is 24.7 Å². The highest BCUT2D eigenvalue weighted by Gasteiger charge is 2.60. The van der Waals surface area contributed by atoms with Gasteiger partial charge < -0.3 is 33.5 Å². The molecule has 52 heavy (non-hydrogen) atoms. The molecule has 11 nitrogen and oxygen atoms in total. The maximum atomic E-state index is 12.3. The van der Waals surface area contributed by atoms with Crippen molar-refractivity contribution in [2.45, 2.75) is 163 Å². The summed E-state index contributed by atoms with van der Waals surface area (Å²) in [5, 5.41) is 9.48. The van der Waals surface area contributed by atoms with E-state index < -0.39 is 54.6 Å². The Bertz CT molecular complexity index is 1330. The van der Waals surface area contributed by atoms with Crippen molar-refractivity contribution < 1.29 is 52.7 Å². The molecule has 5 unspecified atom stereocenters. The van der Waals surface area contributed by atoms with Crippen molar-refractivity contribution in [2.75, 3.05) is 13.2 Å². The molecule has 4 aliphatic carbocycles. The van der Waals surface area contributed by atoms with Crippen LogP contribution < -0.4 is 0 Å². The van der Waals surface area contributed by atoms with Crippen LogP contribution in [0.3, 0.4) is 0 Å². The highest BCUT2D eigenvalue weighted by atomic mass is 16.7. The number of allylic oxidation sites excluding steroid dienone is 1. The average molecular weight is 733 g/mol. The number of ether oxygens (including phenoxy) is 6. The lowest BCUT2D eigenvalue weighted by Gasteiger charge is -2.58. The van der Waals surface area contributed by atoms with Gasteiger partial charge in [-0.3, -0.25) is 19.2 Å². The van der Waals surface area contributed by atoms with Crippen LogP contribution in [-0.4, -0.2) is 79.0 Å². The molecular weight excluding hydrogens is 668 g/mol. The Hall–Kier alpha value is -2.50. The van der Waals surface area contributed by atoms with Crippen molar-refractivity contribution in [1.29, 1.82) is 0 Å². The van der Waals surface area contributed by atoms with E-state index in [1.54, 1.807) is 0 Å². The van der Waals surface area contributed by atoms with Gasteiger partial charge in [-0.25, -0.2) is 0 Å². The van der Waals surface area contributed by atoms with Gasteiger partial charge in [-0.05, 0) is 104 Å². The van der Waals surface area contributed by atoms with E-state index in [0.717, 1.165) is 37.5 Å². The van der Waals surface area contributed by atoms with Crippen molar-refractivity contribution in [3.63, 3.8) is 0 Å². The lowest BCUT2D eigenvalue weighted by molar-refractivity contribution is -0.318. The molecule has 294 valence electrons. The highest BCUT2D eigenvalue weighted by molar-refractivity contribution is 5.68. The number of rotatable bonds is 13. The third-order valence-corrected chi connectivity index (χ3v) is 13.8. The van der Waals surface area contributed by atoms with Crippen molar-refractivity contribution in [3.8, 4) is 0 Å². The summed E-state index contributed by atoms with van der Waals surface area (Å²) in [6, 6.07) is 0. The van der Waals surface area contributed by atoms with E-state index in [2.05, 4.69) is 33.8 Å². The van der Waals surface area contributed by atoms with Crippen LogP contribution in [-0.2, 0) is 47.6 Å². The smallest absolute Gasteiger partial charge is 0.303 e. The van der Waals surface area contributed by atoms with E-state index in [1.807, 2.05) is 0 Å². The van der Waals surface area contributed by atoms with Crippen LogP contribution in [0.5, 0.6) is 0 Å². The van der Waals surface area contributed by atoms with Gasteiger partial charge in [0.15, 0.2) is 24.6 Å². The maximum Gasteiger partial charge on any atom is 0.303 e. The Morgan fingerprint density at radius 3 is 2.17 bits per heavy atom.